The molecule has 31 heavy (non-hydrogen) atoms. The number of likely N-dealkylation sites (tertiary alicyclic amines) is 1. The van der Waals surface area contributed by atoms with E-state index in [1.165, 1.54) is 14.2 Å². The zero-order valence-electron chi connectivity index (χ0n) is 18.8. The number of methoxy groups -OCH3 is 2. The molecule has 0 aliphatic carbocycles. The lowest BCUT2D eigenvalue weighted by Gasteiger charge is -2.36. The fourth-order valence-electron chi connectivity index (χ4n) is 3.48. The van der Waals surface area contributed by atoms with Crippen LogP contribution < -0.4 is 19.5 Å². The number of hydrogen-bond acceptors (Lipinski definition) is 6. The SMILES string of the molecule is CCS(=O)(=O)N[C@H]1CCCN(C(=O)[C@H](NC(=O)c2cc(OC)cc(OC)c2)C(C)C)C1. The molecule has 1 aromatic rings. The molecule has 1 aliphatic rings. The van der Waals surface area contributed by atoms with Crippen molar-refractivity contribution in [1.82, 2.24) is 14.9 Å². The molecule has 2 N–H and O–H groups in total. The predicted molar refractivity (Wildman–Crippen MR) is 118 cm³/mol. The quantitative estimate of drug-likeness (QED) is 0.582. The highest BCUT2D eigenvalue weighted by molar-refractivity contribution is 7.89. The third-order valence-corrected chi connectivity index (χ3v) is 6.74. The molecule has 1 heterocycles. The van der Waals surface area contributed by atoms with Gasteiger partial charge in [0, 0.05) is 30.8 Å². The average molecular weight is 456 g/mol. The molecule has 1 aromatic carbocycles. The molecule has 1 saturated heterocycles. The van der Waals surface area contributed by atoms with Crippen molar-refractivity contribution < 1.29 is 27.5 Å². The fraction of sp³-hybridized carbons (Fsp3) is 0.619. The van der Waals surface area contributed by atoms with E-state index in [0.29, 0.717) is 36.4 Å². The second-order valence-corrected chi connectivity index (χ2v) is 9.98. The molecule has 1 aliphatic heterocycles. The van der Waals surface area contributed by atoms with Crippen molar-refractivity contribution >= 4 is 21.8 Å². The number of rotatable bonds is 9. The normalized spacial score (nSPS) is 17.9. The molecule has 0 radical (unpaired) electrons. The monoisotopic (exact) mass is 455 g/mol. The first-order valence-corrected chi connectivity index (χ1v) is 12.1. The Kier molecular flexibility index (Phi) is 8.69. The van der Waals surface area contributed by atoms with Crippen molar-refractivity contribution in [3.05, 3.63) is 23.8 Å². The number of amides is 2. The Morgan fingerprint density at radius 2 is 1.77 bits per heavy atom. The largest absolute Gasteiger partial charge is 0.497 e. The summed E-state index contributed by atoms with van der Waals surface area (Å²) in [5.74, 6) is 0.143. The molecule has 1 fully saturated rings. The van der Waals surface area contributed by atoms with Gasteiger partial charge in [0.25, 0.3) is 5.91 Å². The molecule has 0 bridgehead atoms. The van der Waals surface area contributed by atoms with E-state index < -0.39 is 22.0 Å². The molecular formula is C21H33N3O6S. The van der Waals surface area contributed by atoms with Gasteiger partial charge in [-0.3, -0.25) is 9.59 Å². The minimum Gasteiger partial charge on any atom is -0.497 e. The van der Waals surface area contributed by atoms with Crippen LogP contribution in [0.1, 0.15) is 44.0 Å². The maximum atomic E-state index is 13.2. The van der Waals surface area contributed by atoms with Crippen LogP contribution in [0.5, 0.6) is 11.5 Å². The molecule has 9 nitrogen and oxygen atoms in total. The number of nitrogens with zero attached hydrogens (tertiary/aromatic N) is 1. The fourth-order valence-corrected chi connectivity index (χ4v) is 4.35. The third kappa shape index (κ3) is 6.83. The van der Waals surface area contributed by atoms with Crippen LogP contribution in [0.3, 0.4) is 0 Å². The number of ether oxygens (including phenoxy) is 2. The lowest BCUT2D eigenvalue weighted by Crippen LogP contribution is -2.56. The van der Waals surface area contributed by atoms with Crippen molar-refractivity contribution in [2.45, 2.75) is 45.7 Å². The number of piperidine rings is 1. The Hall–Kier alpha value is -2.33. The first-order valence-electron chi connectivity index (χ1n) is 10.4. The number of sulfonamides is 1. The van der Waals surface area contributed by atoms with Crippen LogP contribution in [0.4, 0.5) is 0 Å². The van der Waals surface area contributed by atoms with E-state index in [-0.39, 0.29) is 30.2 Å². The number of nitrogens with one attached hydrogen (secondary N) is 2. The minimum atomic E-state index is -3.35. The number of benzene rings is 1. The van der Waals surface area contributed by atoms with Gasteiger partial charge >= 0.3 is 0 Å². The van der Waals surface area contributed by atoms with Crippen LogP contribution in [-0.4, -0.2) is 70.3 Å². The van der Waals surface area contributed by atoms with E-state index in [4.69, 9.17) is 9.47 Å². The molecule has 0 unspecified atom stereocenters. The topological polar surface area (TPSA) is 114 Å². The van der Waals surface area contributed by atoms with Crippen molar-refractivity contribution in [3.63, 3.8) is 0 Å². The van der Waals surface area contributed by atoms with E-state index in [1.807, 2.05) is 13.8 Å². The number of carbonyl (C=O) groups is 2. The zero-order chi connectivity index (χ0) is 23.2. The highest BCUT2D eigenvalue weighted by atomic mass is 32.2. The van der Waals surface area contributed by atoms with E-state index in [9.17, 15) is 18.0 Å². The summed E-state index contributed by atoms with van der Waals surface area (Å²) in [6, 6.07) is 3.75. The maximum absolute atomic E-state index is 13.2. The van der Waals surface area contributed by atoms with Gasteiger partial charge in [-0.25, -0.2) is 13.1 Å². The van der Waals surface area contributed by atoms with E-state index >= 15 is 0 Å². The standard InChI is InChI=1S/C21H33N3O6S/c1-6-31(27,28)23-16-8-7-9-24(13-16)21(26)19(14(2)3)22-20(25)15-10-17(29-4)12-18(11-15)30-5/h10-12,14,16,19,23H,6-9,13H2,1-5H3,(H,22,25)/t16-,19+/m0/s1. The molecule has 0 saturated carbocycles. The van der Waals surface area contributed by atoms with Gasteiger partial charge in [0.05, 0.1) is 20.0 Å². The molecule has 174 valence electrons. The third-order valence-electron chi connectivity index (χ3n) is 5.29. The summed E-state index contributed by atoms with van der Waals surface area (Å²) < 4.78 is 36.9. The highest BCUT2D eigenvalue weighted by Gasteiger charge is 2.33. The molecular weight excluding hydrogens is 422 g/mol. The smallest absolute Gasteiger partial charge is 0.252 e. The molecule has 2 atom stereocenters. The van der Waals surface area contributed by atoms with Crippen molar-refractivity contribution in [2.75, 3.05) is 33.1 Å². The van der Waals surface area contributed by atoms with Gasteiger partial charge in [-0.1, -0.05) is 13.8 Å². The van der Waals surface area contributed by atoms with Crippen LogP contribution in [0, 0.1) is 5.92 Å². The lowest BCUT2D eigenvalue weighted by molar-refractivity contribution is -0.135. The van der Waals surface area contributed by atoms with Crippen LogP contribution in [0.15, 0.2) is 18.2 Å². The van der Waals surface area contributed by atoms with E-state index in [1.54, 1.807) is 30.0 Å². The lowest BCUT2D eigenvalue weighted by atomic mass is 9.99. The Labute approximate surface area is 184 Å². The summed E-state index contributed by atoms with van der Waals surface area (Å²) in [6.45, 7) is 6.10. The van der Waals surface area contributed by atoms with E-state index in [2.05, 4.69) is 10.0 Å². The summed E-state index contributed by atoms with van der Waals surface area (Å²) in [4.78, 5) is 27.7. The molecule has 0 aromatic heterocycles. The van der Waals surface area contributed by atoms with Crippen LogP contribution in [0.2, 0.25) is 0 Å². The first-order chi connectivity index (χ1) is 14.6. The second kappa shape index (κ2) is 10.8. The Bertz CT molecular complexity index is 865. The summed E-state index contributed by atoms with van der Waals surface area (Å²) >= 11 is 0. The minimum absolute atomic E-state index is 0.00781. The molecule has 10 heteroatoms. The summed E-state index contributed by atoms with van der Waals surface area (Å²) in [6.07, 6.45) is 1.36. The van der Waals surface area contributed by atoms with Crippen molar-refractivity contribution in [1.29, 1.82) is 0 Å². The molecule has 0 spiro atoms. The van der Waals surface area contributed by atoms with Crippen LogP contribution >= 0.6 is 0 Å². The van der Waals surface area contributed by atoms with Crippen molar-refractivity contribution in [3.8, 4) is 11.5 Å². The van der Waals surface area contributed by atoms with Crippen LogP contribution in [-0.2, 0) is 14.8 Å². The average Bonchev–Trinajstić information content (AvgIpc) is 2.76. The van der Waals surface area contributed by atoms with Gasteiger partial charge in [-0.05, 0) is 37.8 Å². The number of hydrogen-bond donors (Lipinski definition) is 2. The first kappa shape index (κ1) is 24.9. The molecule has 2 rings (SSSR count). The molecule has 2 amide bonds. The van der Waals surface area contributed by atoms with Gasteiger partial charge in [-0.15, -0.1) is 0 Å². The van der Waals surface area contributed by atoms with Gasteiger partial charge in [0.1, 0.15) is 17.5 Å². The van der Waals surface area contributed by atoms with Gasteiger partial charge in [0.2, 0.25) is 15.9 Å². The number of carbonyl (C=O) groups excluding carboxylic acids is 2. The highest BCUT2D eigenvalue weighted by Crippen LogP contribution is 2.23. The Balaban J connectivity index is 2.14. The van der Waals surface area contributed by atoms with Crippen LogP contribution in [0.25, 0.3) is 0 Å². The Morgan fingerprint density at radius 3 is 2.29 bits per heavy atom. The Morgan fingerprint density at radius 1 is 1.16 bits per heavy atom. The summed E-state index contributed by atoms with van der Waals surface area (Å²) in [5.41, 5.74) is 0.321. The van der Waals surface area contributed by atoms with Crippen molar-refractivity contribution in [2.24, 2.45) is 5.92 Å². The van der Waals surface area contributed by atoms with E-state index in [0.717, 1.165) is 0 Å². The van der Waals surface area contributed by atoms with Gasteiger partial charge in [0.15, 0.2) is 0 Å². The summed E-state index contributed by atoms with van der Waals surface area (Å²) in [7, 11) is -0.362. The predicted octanol–water partition coefficient (Wildman–Crippen LogP) is 1.39. The maximum Gasteiger partial charge on any atom is 0.252 e. The van der Waals surface area contributed by atoms with Gasteiger partial charge in [-0.2, -0.15) is 0 Å². The summed E-state index contributed by atoms with van der Waals surface area (Å²) in [5, 5.41) is 2.83. The second-order valence-electron chi connectivity index (χ2n) is 7.94. The zero-order valence-corrected chi connectivity index (χ0v) is 19.6. The van der Waals surface area contributed by atoms with Gasteiger partial charge < -0.3 is 19.7 Å².